The largest absolute Gasteiger partial charge is 0.457 e. The van der Waals surface area contributed by atoms with Gasteiger partial charge in [-0.05, 0) is 46.5 Å². The second kappa shape index (κ2) is 9.14. The minimum Gasteiger partial charge on any atom is -0.457 e. The van der Waals surface area contributed by atoms with E-state index in [1.54, 1.807) is 0 Å². The molecule has 0 aliphatic carbocycles. The van der Waals surface area contributed by atoms with Crippen LogP contribution in [0.4, 0.5) is 0 Å². The molecule has 0 fully saturated rings. The Morgan fingerprint density at radius 1 is 0.387 bits per heavy atom. The van der Waals surface area contributed by atoms with Crippen LogP contribution in [-0.4, -0.2) is 0 Å². The predicted molar refractivity (Wildman–Crippen MR) is 131 cm³/mol. The molecule has 4 rings (SSSR count). The number of ether oxygens (including phenoxy) is 1. The Morgan fingerprint density at radius 3 is 1.00 bits per heavy atom. The molecule has 4 aromatic rings. The molecule has 0 saturated heterocycles. The molecular formula is C26H18Cl4O. The molecule has 0 amide bonds. The van der Waals surface area contributed by atoms with Crippen molar-refractivity contribution in [2.75, 3.05) is 0 Å². The third kappa shape index (κ3) is 4.86. The summed E-state index contributed by atoms with van der Waals surface area (Å²) < 4.78 is 3.68. The molecule has 0 unspecified atom stereocenters. The van der Waals surface area contributed by atoms with E-state index in [1.807, 2.05) is 109 Å². The van der Waals surface area contributed by atoms with Crippen molar-refractivity contribution in [3.8, 4) is 11.5 Å². The number of hydrogen-bond donors (Lipinski definition) is 0. The van der Waals surface area contributed by atoms with Gasteiger partial charge in [0.1, 0.15) is 11.5 Å². The Bertz CT molecular complexity index is 1030. The Kier molecular flexibility index (Phi) is 6.50. The highest BCUT2D eigenvalue weighted by Crippen LogP contribution is 2.42. The van der Waals surface area contributed by atoms with Gasteiger partial charge in [0.2, 0.25) is 0 Å². The molecule has 0 aliphatic heterocycles. The van der Waals surface area contributed by atoms with Crippen LogP contribution in [0.15, 0.2) is 109 Å². The zero-order valence-corrected chi connectivity index (χ0v) is 19.3. The Balaban J connectivity index is 1.49. The fourth-order valence-corrected chi connectivity index (χ4v) is 4.24. The van der Waals surface area contributed by atoms with Gasteiger partial charge in [-0.1, -0.05) is 131 Å². The lowest BCUT2D eigenvalue weighted by Crippen LogP contribution is -2.12. The van der Waals surface area contributed by atoms with Crippen molar-refractivity contribution in [1.82, 2.24) is 0 Å². The molecule has 4 aromatic carbocycles. The first kappa shape index (κ1) is 22.0. The van der Waals surface area contributed by atoms with Crippen LogP contribution in [0.3, 0.4) is 0 Å². The summed E-state index contributed by atoms with van der Waals surface area (Å²) in [6, 6.07) is 33.8. The number of benzene rings is 4. The molecule has 0 aromatic heterocycles. The van der Waals surface area contributed by atoms with Crippen LogP contribution in [0.1, 0.15) is 22.3 Å². The van der Waals surface area contributed by atoms with Gasteiger partial charge in [-0.15, -0.1) is 0 Å². The molecule has 5 heteroatoms. The van der Waals surface area contributed by atoms with Crippen LogP contribution in [0.2, 0.25) is 0 Å². The molecule has 0 atom stereocenters. The van der Waals surface area contributed by atoms with Crippen molar-refractivity contribution < 1.29 is 4.74 Å². The second-order valence-electron chi connectivity index (χ2n) is 7.03. The fourth-order valence-electron chi connectivity index (χ4n) is 3.23. The first-order valence-electron chi connectivity index (χ1n) is 9.63. The molecule has 0 radical (unpaired) electrons. The Morgan fingerprint density at radius 2 is 0.677 bits per heavy atom. The maximum absolute atomic E-state index is 6.61. The summed E-state index contributed by atoms with van der Waals surface area (Å²) in [6.07, 6.45) is 0. The first-order valence-corrected chi connectivity index (χ1v) is 11.1. The van der Waals surface area contributed by atoms with Gasteiger partial charge in [-0.2, -0.15) is 0 Å². The molecule has 156 valence electrons. The normalized spacial score (nSPS) is 11.9. The van der Waals surface area contributed by atoms with Gasteiger partial charge in [-0.3, -0.25) is 0 Å². The summed E-state index contributed by atoms with van der Waals surface area (Å²) >= 11 is 26.4. The third-order valence-corrected chi connectivity index (χ3v) is 6.69. The van der Waals surface area contributed by atoms with Crippen molar-refractivity contribution >= 4 is 46.4 Å². The third-order valence-electron chi connectivity index (χ3n) is 4.94. The smallest absolute Gasteiger partial charge is 0.168 e. The standard InChI is InChI=1S/C26H18Cl4O/c27-25(28,19-7-3-1-4-8-19)21-11-15-23(16-12-21)31-24-17-13-22(14-18-24)26(29,30)20-9-5-2-6-10-20/h1-18H. The highest BCUT2D eigenvalue weighted by Gasteiger charge is 2.29. The molecular weight excluding hydrogens is 470 g/mol. The molecule has 31 heavy (non-hydrogen) atoms. The van der Waals surface area contributed by atoms with Gasteiger partial charge in [0, 0.05) is 0 Å². The molecule has 0 bridgehead atoms. The number of rotatable bonds is 6. The minimum absolute atomic E-state index is 0.666. The number of alkyl halides is 4. The van der Waals surface area contributed by atoms with Crippen LogP contribution in [0.5, 0.6) is 11.5 Å². The van der Waals surface area contributed by atoms with Crippen LogP contribution >= 0.6 is 46.4 Å². The van der Waals surface area contributed by atoms with E-state index in [4.69, 9.17) is 51.1 Å². The van der Waals surface area contributed by atoms with Crippen molar-refractivity contribution in [3.05, 3.63) is 131 Å². The molecule has 0 N–H and O–H groups in total. The van der Waals surface area contributed by atoms with E-state index in [-0.39, 0.29) is 0 Å². The average Bonchev–Trinajstić information content (AvgIpc) is 2.81. The minimum atomic E-state index is -1.14. The zero-order chi connectivity index (χ0) is 21.9. The summed E-state index contributed by atoms with van der Waals surface area (Å²) in [6.45, 7) is 0. The Hall–Kier alpha value is -2.16. The lowest BCUT2D eigenvalue weighted by Gasteiger charge is -2.21. The summed E-state index contributed by atoms with van der Waals surface area (Å²) in [5.74, 6) is 1.33. The van der Waals surface area contributed by atoms with Gasteiger partial charge >= 0.3 is 0 Å². The molecule has 0 aliphatic rings. The van der Waals surface area contributed by atoms with Crippen molar-refractivity contribution in [3.63, 3.8) is 0 Å². The zero-order valence-electron chi connectivity index (χ0n) is 16.3. The SMILES string of the molecule is ClC(Cl)(c1ccccc1)c1ccc(Oc2ccc(C(Cl)(Cl)c3ccccc3)cc2)cc1. The van der Waals surface area contributed by atoms with Crippen molar-refractivity contribution in [2.45, 2.75) is 8.67 Å². The first-order chi connectivity index (χ1) is 14.9. The maximum atomic E-state index is 6.61. The van der Waals surface area contributed by atoms with E-state index in [2.05, 4.69) is 0 Å². The lowest BCUT2D eigenvalue weighted by molar-refractivity contribution is 0.482. The Labute approximate surface area is 202 Å². The van der Waals surface area contributed by atoms with Gasteiger partial charge < -0.3 is 4.74 Å². The van der Waals surface area contributed by atoms with E-state index in [1.165, 1.54) is 0 Å². The summed E-state index contributed by atoms with van der Waals surface area (Å²) in [7, 11) is 0. The lowest BCUT2D eigenvalue weighted by atomic mass is 10.0. The highest BCUT2D eigenvalue weighted by molar-refractivity contribution is 6.50. The van der Waals surface area contributed by atoms with Gasteiger partial charge in [-0.25, -0.2) is 0 Å². The number of hydrogen-bond acceptors (Lipinski definition) is 1. The topological polar surface area (TPSA) is 9.23 Å². The van der Waals surface area contributed by atoms with E-state index < -0.39 is 8.67 Å². The van der Waals surface area contributed by atoms with Crippen LogP contribution < -0.4 is 4.74 Å². The molecule has 0 saturated carbocycles. The van der Waals surface area contributed by atoms with Crippen LogP contribution in [-0.2, 0) is 8.67 Å². The number of halogens is 4. The van der Waals surface area contributed by atoms with Crippen LogP contribution in [0, 0.1) is 0 Å². The van der Waals surface area contributed by atoms with E-state index >= 15 is 0 Å². The molecule has 0 heterocycles. The molecule has 1 nitrogen and oxygen atoms in total. The summed E-state index contributed by atoms with van der Waals surface area (Å²) in [4.78, 5) is 0. The summed E-state index contributed by atoms with van der Waals surface area (Å²) in [5.41, 5.74) is 3.15. The van der Waals surface area contributed by atoms with E-state index in [0.717, 1.165) is 22.3 Å². The second-order valence-corrected chi connectivity index (χ2v) is 9.69. The fraction of sp³-hybridized carbons (Fsp3) is 0.0769. The quantitative estimate of drug-likeness (QED) is 0.247. The highest BCUT2D eigenvalue weighted by atomic mass is 35.5. The van der Waals surface area contributed by atoms with Crippen molar-refractivity contribution in [2.24, 2.45) is 0 Å². The average molecular weight is 488 g/mol. The van der Waals surface area contributed by atoms with Gasteiger partial charge in [0.25, 0.3) is 0 Å². The molecule has 0 spiro atoms. The van der Waals surface area contributed by atoms with E-state index in [0.29, 0.717) is 11.5 Å². The predicted octanol–water partition coefficient (Wildman–Crippen LogP) is 8.84. The monoisotopic (exact) mass is 486 g/mol. The summed E-state index contributed by atoms with van der Waals surface area (Å²) in [5, 5.41) is 0. The van der Waals surface area contributed by atoms with Gasteiger partial charge in [0.05, 0.1) is 0 Å². The van der Waals surface area contributed by atoms with Crippen LogP contribution in [0.25, 0.3) is 0 Å². The maximum Gasteiger partial charge on any atom is 0.168 e. The van der Waals surface area contributed by atoms with E-state index in [9.17, 15) is 0 Å². The van der Waals surface area contributed by atoms with Gasteiger partial charge in [0.15, 0.2) is 8.67 Å². The van der Waals surface area contributed by atoms with Crippen molar-refractivity contribution in [1.29, 1.82) is 0 Å².